The standard InChI is InChI=1S/C11H23NO2S/c1-3-12-11(9-15-7-6-13-2)10-4-5-14-8-10/h10-12H,3-9H2,1-2H3. The molecular formula is C11H23NO2S. The molecular weight excluding hydrogens is 210 g/mol. The number of nitrogens with one attached hydrogen (secondary N) is 1. The highest BCUT2D eigenvalue weighted by atomic mass is 32.2. The Bertz CT molecular complexity index is 152. The highest BCUT2D eigenvalue weighted by Gasteiger charge is 2.24. The average molecular weight is 233 g/mol. The van der Waals surface area contributed by atoms with Gasteiger partial charge >= 0.3 is 0 Å². The van der Waals surface area contributed by atoms with Crippen molar-refractivity contribution in [2.45, 2.75) is 19.4 Å². The van der Waals surface area contributed by atoms with E-state index in [0.717, 1.165) is 32.1 Å². The van der Waals surface area contributed by atoms with E-state index < -0.39 is 0 Å². The Kier molecular flexibility index (Phi) is 7.44. The summed E-state index contributed by atoms with van der Waals surface area (Å²) in [7, 11) is 1.76. The van der Waals surface area contributed by atoms with Crippen LogP contribution in [0.4, 0.5) is 0 Å². The van der Waals surface area contributed by atoms with Gasteiger partial charge in [0, 0.05) is 37.2 Å². The van der Waals surface area contributed by atoms with Gasteiger partial charge in [-0.05, 0) is 13.0 Å². The van der Waals surface area contributed by atoms with E-state index in [4.69, 9.17) is 9.47 Å². The first-order valence-corrected chi connectivity index (χ1v) is 6.91. The van der Waals surface area contributed by atoms with Crippen LogP contribution in [-0.2, 0) is 9.47 Å². The van der Waals surface area contributed by atoms with Crippen LogP contribution in [0.3, 0.4) is 0 Å². The second-order valence-corrected chi connectivity index (χ2v) is 5.01. The quantitative estimate of drug-likeness (QED) is 0.642. The Morgan fingerprint density at radius 1 is 1.60 bits per heavy atom. The first kappa shape index (κ1) is 13.3. The predicted molar refractivity (Wildman–Crippen MR) is 65.6 cm³/mol. The molecule has 0 amide bonds. The van der Waals surface area contributed by atoms with Crippen molar-refractivity contribution < 1.29 is 9.47 Å². The van der Waals surface area contributed by atoms with Gasteiger partial charge in [-0.2, -0.15) is 11.8 Å². The Labute approximate surface area is 97.3 Å². The van der Waals surface area contributed by atoms with Gasteiger partial charge in [-0.3, -0.25) is 0 Å². The van der Waals surface area contributed by atoms with E-state index in [1.54, 1.807) is 7.11 Å². The molecule has 1 aliphatic rings. The van der Waals surface area contributed by atoms with Crippen molar-refractivity contribution in [3.63, 3.8) is 0 Å². The Hall–Kier alpha value is 0.230. The van der Waals surface area contributed by atoms with Crippen molar-refractivity contribution in [1.29, 1.82) is 0 Å². The fourth-order valence-corrected chi connectivity index (χ4v) is 2.94. The van der Waals surface area contributed by atoms with Gasteiger partial charge in [-0.25, -0.2) is 0 Å². The molecule has 1 aliphatic heterocycles. The minimum Gasteiger partial charge on any atom is -0.384 e. The summed E-state index contributed by atoms with van der Waals surface area (Å²) in [5, 5.41) is 3.56. The summed E-state index contributed by atoms with van der Waals surface area (Å²) in [6.45, 7) is 5.94. The Balaban J connectivity index is 2.17. The van der Waals surface area contributed by atoms with Crippen LogP contribution >= 0.6 is 11.8 Å². The van der Waals surface area contributed by atoms with Crippen molar-refractivity contribution in [1.82, 2.24) is 5.32 Å². The Morgan fingerprint density at radius 2 is 2.47 bits per heavy atom. The monoisotopic (exact) mass is 233 g/mol. The van der Waals surface area contributed by atoms with Crippen molar-refractivity contribution >= 4 is 11.8 Å². The number of methoxy groups -OCH3 is 1. The third-order valence-electron chi connectivity index (χ3n) is 2.73. The molecule has 1 saturated heterocycles. The van der Waals surface area contributed by atoms with Gasteiger partial charge in [-0.1, -0.05) is 6.92 Å². The molecule has 0 aromatic rings. The van der Waals surface area contributed by atoms with E-state index in [2.05, 4.69) is 12.2 Å². The van der Waals surface area contributed by atoms with E-state index >= 15 is 0 Å². The maximum atomic E-state index is 5.44. The summed E-state index contributed by atoms with van der Waals surface area (Å²) in [6, 6.07) is 0.611. The van der Waals surface area contributed by atoms with E-state index in [9.17, 15) is 0 Å². The minimum atomic E-state index is 0.611. The normalized spacial score (nSPS) is 23.2. The topological polar surface area (TPSA) is 30.5 Å². The van der Waals surface area contributed by atoms with Gasteiger partial charge in [0.1, 0.15) is 0 Å². The van der Waals surface area contributed by atoms with Gasteiger partial charge in [0.2, 0.25) is 0 Å². The van der Waals surface area contributed by atoms with Crippen molar-refractivity contribution in [3.8, 4) is 0 Å². The molecule has 0 aliphatic carbocycles. The predicted octanol–water partition coefficient (Wildman–Crippen LogP) is 1.38. The van der Waals surface area contributed by atoms with Gasteiger partial charge in [-0.15, -0.1) is 0 Å². The SMILES string of the molecule is CCNC(CSCCOC)C1CCOC1. The zero-order valence-electron chi connectivity index (χ0n) is 9.83. The van der Waals surface area contributed by atoms with Crippen LogP contribution in [-0.4, -0.2) is 51.0 Å². The molecule has 90 valence electrons. The fraction of sp³-hybridized carbons (Fsp3) is 1.00. The second-order valence-electron chi connectivity index (χ2n) is 3.86. The number of hydrogen-bond donors (Lipinski definition) is 1. The second kappa shape index (κ2) is 8.39. The van der Waals surface area contributed by atoms with E-state index in [-0.39, 0.29) is 0 Å². The molecule has 2 atom stereocenters. The fourth-order valence-electron chi connectivity index (χ4n) is 1.85. The molecule has 0 spiro atoms. The van der Waals surface area contributed by atoms with Crippen molar-refractivity contribution in [2.24, 2.45) is 5.92 Å². The van der Waals surface area contributed by atoms with Crippen LogP contribution in [0, 0.1) is 5.92 Å². The molecule has 1 heterocycles. The van der Waals surface area contributed by atoms with Gasteiger partial charge in [0.25, 0.3) is 0 Å². The lowest BCUT2D eigenvalue weighted by atomic mass is 10.0. The number of hydrogen-bond acceptors (Lipinski definition) is 4. The summed E-state index contributed by atoms with van der Waals surface area (Å²) in [6.07, 6.45) is 1.21. The minimum absolute atomic E-state index is 0.611. The smallest absolute Gasteiger partial charge is 0.0552 e. The molecule has 1 fully saturated rings. The molecule has 0 saturated carbocycles. The molecule has 0 aromatic carbocycles. The molecule has 4 heteroatoms. The number of thioether (sulfide) groups is 1. The zero-order valence-corrected chi connectivity index (χ0v) is 10.6. The molecule has 3 nitrogen and oxygen atoms in total. The van der Waals surface area contributed by atoms with Gasteiger partial charge in [0.15, 0.2) is 0 Å². The maximum Gasteiger partial charge on any atom is 0.0552 e. The summed E-state index contributed by atoms with van der Waals surface area (Å²) in [5.41, 5.74) is 0. The third-order valence-corrected chi connectivity index (χ3v) is 3.78. The molecule has 0 aromatic heterocycles. The van der Waals surface area contributed by atoms with Gasteiger partial charge < -0.3 is 14.8 Å². The largest absolute Gasteiger partial charge is 0.384 e. The molecule has 0 radical (unpaired) electrons. The third kappa shape index (κ3) is 5.20. The van der Waals surface area contributed by atoms with Crippen LogP contribution in [0.2, 0.25) is 0 Å². The molecule has 0 bridgehead atoms. The molecule has 1 rings (SSSR count). The average Bonchev–Trinajstić information content (AvgIpc) is 2.76. The Morgan fingerprint density at radius 3 is 3.07 bits per heavy atom. The lowest BCUT2D eigenvalue weighted by Crippen LogP contribution is -2.38. The zero-order chi connectivity index (χ0) is 10.9. The van der Waals surface area contributed by atoms with Crippen LogP contribution in [0.15, 0.2) is 0 Å². The lowest BCUT2D eigenvalue weighted by molar-refractivity contribution is 0.179. The first-order chi connectivity index (χ1) is 7.38. The van der Waals surface area contributed by atoms with Gasteiger partial charge in [0.05, 0.1) is 13.2 Å². The van der Waals surface area contributed by atoms with Crippen LogP contribution in [0.25, 0.3) is 0 Å². The maximum absolute atomic E-state index is 5.44. The lowest BCUT2D eigenvalue weighted by Gasteiger charge is -2.22. The first-order valence-electron chi connectivity index (χ1n) is 5.76. The van der Waals surface area contributed by atoms with Crippen molar-refractivity contribution in [3.05, 3.63) is 0 Å². The highest BCUT2D eigenvalue weighted by molar-refractivity contribution is 7.99. The molecule has 15 heavy (non-hydrogen) atoms. The van der Waals surface area contributed by atoms with E-state index in [0.29, 0.717) is 12.0 Å². The van der Waals surface area contributed by atoms with E-state index in [1.165, 1.54) is 12.2 Å². The summed E-state index contributed by atoms with van der Waals surface area (Å²) >= 11 is 1.97. The van der Waals surface area contributed by atoms with Crippen LogP contribution in [0.5, 0.6) is 0 Å². The van der Waals surface area contributed by atoms with Crippen molar-refractivity contribution in [2.75, 3.05) is 45.0 Å². The summed E-state index contributed by atoms with van der Waals surface area (Å²) in [5.74, 6) is 2.97. The summed E-state index contributed by atoms with van der Waals surface area (Å²) < 4.78 is 10.5. The summed E-state index contributed by atoms with van der Waals surface area (Å²) in [4.78, 5) is 0. The molecule has 1 N–H and O–H groups in total. The van der Waals surface area contributed by atoms with E-state index in [1.807, 2.05) is 11.8 Å². The number of ether oxygens (including phenoxy) is 2. The van der Waals surface area contributed by atoms with Crippen LogP contribution < -0.4 is 5.32 Å². The number of rotatable bonds is 8. The molecule has 2 unspecified atom stereocenters. The highest BCUT2D eigenvalue weighted by Crippen LogP contribution is 2.19. The van der Waals surface area contributed by atoms with Crippen LogP contribution in [0.1, 0.15) is 13.3 Å².